The van der Waals surface area contributed by atoms with Gasteiger partial charge in [-0.25, -0.2) is 8.42 Å². The Bertz CT molecular complexity index is 724. The first-order valence-electron chi connectivity index (χ1n) is 6.71. The van der Waals surface area contributed by atoms with Crippen LogP contribution in [0.5, 0.6) is 0 Å². The third kappa shape index (κ3) is 3.01. The summed E-state index contributed by atoms with van der Waals surface area (Å²) in [7, 11) is -3.33. The Hall–Kier alpha value is -1.67. The highest BCUT2D eigenvalue weighted by Gasteiger charge is 2.40. The quantitative estimate of drug-likeness (QED) is 0.839. The molecule has 2 aromatic rings. The first-order chi connectivity index (χ1) is 10.1. The van der Waals surface area contributed by atoms with Gasteiger partial charge >= 0.3 is 0 Å². The summed E-state index contributed by atoms with van der Waals surface area (Å²) < 4.78 is 28.7. The molecule has 0 aliphatic heterocycles. The third-order valence-corrected chi connectivity index (χ3v) is 6.65. The fourth-order valence-electron chi connectivity index (χ4n) is 2.10. The van der Waals surface area contributed by atoms with Crippen molar-refractivity contribution in [1.82, 2.24) is 9.36 Å². The maximum absolute atomic E-state index is 12.4. The summed E-state index contributed by atoms with van der Waals surface area (Å²) >= 11 is 1.11. The van der Waals surface area contributed by atoms with Crippen LogP contribution in [0, 0.1) is 0 Å². The van der Waals surface area contributed by atoms with Crippen LogP contribution >= 0.6 is 11.5 Å². The standard InChI is InChI=1S/C13H16N4O2S2/c14-12-11(21(18,19)10-1-2-10)13(20-17-12)16-8-5-9-3-6-15-7-4-9/h3-4,6-7,10,16H,1-2,5,8H2,(H2,14,17). The number of sulfone groups is 1. The van der Waals surface area contributed by atoms with Crippen LogP contribution in [-0.2, 0) is 16.3 Å². The van der Waals surface area contributed by atoms with Crippen molar-refractivity contribution in [3.05, 3.63) is 30.1 Å². The van der Waals surface area contributed by atoms with Gasteiger partial charge in [-0.15, -0.1) is 0 Å². The Balaban J connectivity index is 1.72. The van der Waals surface area contributed by atoms with Gasteiger partial charge in [0, 0.05) is 18.9 Å². The average Bonchev–Trinajstić information content (AvgIpc) is 3.25. The van der Waals surface area contributed by atoms with Gasteiger partial charge < -0.3 is 11.1 Å². The van der Waals surface area contributed by atoms with E-state index < -0.39 is 9.84 Å². The number of nitrogen functional groups attached to an aromatic ring is 1. The molecule has 0 radical (unpaired) electrons. The lowest BCUT2D eigenvalue weighted by Crippen LogP contribution is -2.12. The van der Waals surface area contributed by atoms with Crippen molar-refractivity contribution in [3.63, 3.8) is 0 Å². The molecule has 8 heteroatoms. The number of hydrogen-bond acceptors (Lipinski definition) is 7. The Morgan fingerprint density at radius 2 is 2.05 bits per heavy atom. The highest BCUT2D eigenvalue weighted by molar-refractivity contribution is 7.92. The van der Waals surface area contributed by atoms with Gasteiger partial charge in [0.2, 0.25) is 0 Å². The van der Waals surface area contributed by atoms with E-state index in [2.05, 4.69) is 14.7 Å². The van der Waals surface area contributed by atoms with Crippen molar-refractivity contribution in [1.29, 1.82) is 0 Å². The molecule has 0 atom stereocenters. The molecule has 0 saturated heterocycles. The summed E-state index contributed by atoms with van der Waals surface area (Å²) in [5.41, 5.74) is 6.89. The Morgan fingerprint density at radius 3 is 2.71 bits per heavy atom. The molecule has 1 fully saturated rings. The van der Waals surface area contributed by atoms with Crippen molar-refractivity contribution in [2.24, 2.45) is 0 Å². The number of hydrogen-bond donors (Lipinski definition) is 2. The molecule has 3 N–H and O–H groups in total. The zero-order valence-corrected chi connectivity index (χ0v) is 13.0. The molecule has 0 spiro atoms. The van der Waals surface area contributed by atoms with Crippen molar-refractivity contribution in [2.45, 2.75) is 29.4 Å². The smallest absolute Gasteiger partial charge is 0.187 e. The van der Waals surface area contributed by atoms with Crippen LogP contribution in [0.4, 0.5) is 10.8 Å². The normalized spacial score (nSPS) is 15.0. The van der Waals surface area contributed by atoms with E-state index in [1.54, 1.807) is 12.4 Å². The molecule has 112 valence electrons. The summed E-state index contributed by atoms with van der Waals surface area (Å²) in [6, 6.07) is 3.87. The molecule has 0 aromatic carbocycles. The third-order valence-electron chi connectivity index (χ3n) is 3.37. The topological polar surface area (TPSA) is 98.0 Å². The first-order valence-corrected chi connectivity index (χ1v) is 9.03. The average molecular weight is 324 g/mol. The molecule has 2 aromatic heterocycles. The van der Waals surface area contributed by atoms with E-state index >= 15 is 0 Å². The number of aromatic nitrogens is 2. The fraction of sp³-hybridized carbons (Fsp3) is 0.385. The number of nitrogens with one attached hydrogen (secondary N) is 1. The molecule has 1 aliphatic carbocycles. The van der Waals surface area contributed by atoms with Gasteiger partial charge in [-0.05, 0) is 48.5 Å². The molecule has 2 heterocycles. The zero-order valence-electron chi connectivity index (χ0n) is 11.3. The highest BCUT2D eigenvalue weighted by atomic mass is 32.2. The lowest BCUT2D eigenvalue weighted by atomic mass is 10.2. The lowest BCUT2D eigenvalue weighted by molar-refractivity contribution is 0.595. The molecule has 6 nitrogen and oxygen atoms in total. The minimum Gasteiger partial charge on any atom is -0.382 e. The predicted molar refractivity (Wildman–Crippen MR) is 83.2 cm³/mol. The fourth-order valence-corrected chi connectivity index (χ4v) is 5.01. The molecule has 1 aliphatic rings. The van der Waals surface area contributed by atoms with E-state index in [4.69, 9.17) is 5.73 Å². The monoisotopic (exact) mass is 324 g/mol. The van der Waals surface area contributed by atoms with Crippen molar-refractivity contribution in [2.75, 3.05) is 17.6 Å². The summed E-state index contributed by atoms with van der Waals surface area (Å²) in [4.78, 5) is 4.15. The number of nitrogens with two attached hydrogens (primary N) is 1. The van der Waals surface area contributed by atoms with E-state index in [1.807, 2.05) is 12.1 Å². The SMILES string of the molecule is Nc1nsc(NCCc2ccncc2)c1S(=O)(=O)C1CC1. The molecule has 0 bridgehead atoms. The molecular weight excluding hydrogens is 308 g/mol. The molecule has 0 unspecified atom stereocenters. The minimum atomic E-state index is -3.33. The second-order valence-electron chi connectivity index (χ2n) is 5.00. The van der Waals surface area contributed by atoms with Crippen LogP contribution in [0.15, 0.2) is 29.4 Å². The predicted octanol–water partition coefficient (Wildman–Crippen LogP) is 1.71. The number of anilines is 2. The van der Waals surface area contributed by atoms with Crippen molar-refractivity contribution in [3.8, 4) is 0 Å². The van der Waals surface area contributed by atoms with E-state index in [0.29, 0.717) is 24.4 Å². The number of rotatable bonds is 6. The van der Waals surface area contributed by atoms with Crippen LogP contribution in [0.25, 0.3) is 0 Å². The number of pyridine rings is 1. The first kappa shape index (κ1) is 14.3. The van der Waals surface area contributed by atoms with Gasteiger partial charge in [0.25, 0.3) is 0 Å². The highest BCUT2D eigenvalue weighted by Crippen LogP contribution is 2.40. The van der Waals surface area contributed by atoms with Crippen LogP contribution in [-0.4, -0.2) is 29.6 Å². The summed E-state index contributed by atoms with van der Waals surface area (Å²) in [5, 5.41) is 3.42. The summed E-state index contributed by atoms with van der Waals surface area (Å²) in [6.45, 7) is 0.624. The van der Waals surface area contributed by atoms with Crippen molar-refractivity contribution < 1.29 is 8.42 Å². The van der Waals surface area contributed by atoms with E-state index in [9.17, 15) is 8.42 Å². The van der Waals surface area contributed by atoms with Crippen LogP contribution in [0.2, 0.25) is 0 Å². The van der Waals surface area contributed by atoms with E-state index in [-0.39, 0.29) is 16.0 Å². The van der Waals surface area contributed by atoms with Crippen LogP contribution in [0.1, 0.15) is 18.4 Å². The largest absolute Gasteiger partial charge is 0.382 e. The summed E-state index contributed by atoms with van der Waals surface area (Å²) in [6.07, 6.45) is 5.69. The van der Waals surface area contributed by atoms with Gasteiger partial charge in [0.05, 0.1) is 5.25 Å². The van der Waals surface area contributed by atoms with Crippen LogP contribution in [0.3, 0.4) is 0 Å². The Labute approximate surface area is 127 Å². The molecule has 21 heavy (non-hydrogen) atoms. The van der Waals surface area contributed by atoms with Crippen molar-refractivity contribution >= 4 is 32.2 Å². The molecule has 3 rings (SSSR count). The molecule has 1 saturated carbocycles. The Morgan fingerprint density at radius 1 is 1.33 bits per heavy atom. The summed E-state index contributed by atoms with van der Waals surface area (Å²) in [5.74, 6) is 0.110. The molecule has 0 amide bonds. The van der Waals surface area contributed by atoms with Gasteiger partial charge in [-0.3, -0.25) is 4.98 Å². The van der Waals surface area contributed by atoms with Gasteiger partial charge in [-0.2, -0.15) is 4.37 Å². The minimum absolute atomic E-state index is 0.110. The van der Waals surface area contributed by atoms with Gasteiger partial charge in [-0.1, -0.05) is 0 Å². The van der Waals surface area contributed by atoms with E-state index in [0.717, 1.165) is 23.5 Å². The molecular formula is C13H16N4O2S2. The van der Waals surface area contributed by atoms with Crippen LogP contribution < -0.4 is 11.1 Å². The maximum Gasteiger partial charge on any atom is 0.187 e. The maximum atomic E-state index is 12.4. The Kier molecular flexibility index (Phi) is 3.81. The van der Waals surface area contributed by atoms with Gasteiger partial charge in [0.15, 0.2) is 15.7 Å². The zero-order chi connectivity index (χ0) is 14.9. The lowest BCUT2D eigenvalue weighted by Gasteiger charge is -2.07. The second-order valence-corrected chi connectivity index (χ2v) is 7.94. The second kappa shape index (κ2) is 5.61. The van der Waals surface area contributed by atoms with E-state index in [1.165, 1.54) is 0 Å². The number of nitrogens with zero attached hydrogens (tertiary/aromatic N) is 2. The van der Waals surface area contributed by atoms with Gasteiger partial charge in [0.1, 0.15) is 9.90 Å².